The molecule has 2 aromatic rings. The largest absolute Gasteiger partial charge is 0.448 e. The summed E-state index contributed by atoms with van der Waals surface area (Å²) < 4.78 is 5.56. The number of carbonyl (C=O) groups is 3. The van der Waals surface area contributed by atoms with Crippen LogP contribution in [0, 0.1) is 0 Å². The maximum Gasteiger partial charge on any atom is 0.326 e. The summed E-state index contributed by atoms with van der Waals surface area (Å²) >= 11 is 0. The molecule has 0 aliphatic carbocycles. The van der Waals surface area contributed by atoms with E-state index in [1.165, 1.54) is 4.90 Å². The van der Waals surface area contributed by atoms with Gasteiger partial charge in [-0.15, -0.1) is 0 Å². The first-order chi connectivity index (χ1) is 13.1. The second kappa shape index (κ2) is 9.12. The summed E-state index contributed by atoms with van der Waals surface area (Å²) in [6.07, 6.45) is 2.14. The number of rotatable bonds is 6. The van der Waals surface area contributed by atoms with Crippen LogP contribution in [0.3, 0.4) is 0 Å². The van der Waals surface area contributed by atoms with E-state index in [9.17, 15) is 14.4 Å². The number of esters is 1. The van der Waals surface area contributed by atoms with Crippen LogP contribution in [0.25, 0.3) is 0 Å². The van der Waals surface area contributed by atoms with Crippen molar-refractivity contribution in [3.05, 3.63) is 71.8 Å². The number of nitrogens with zero attached hydrogens (tertiary/aromatic N) is 1. The van der Waals surface area contributed by atoms with Gasteiger partial charge in [-0.3, -0.25) is 14.4 Å². The van der Waals surface area contributed by atoms with E-state index in [1.54, 1.807) is 48.5 Å². The number of carbonyl (C=O) groups excluding carboxylic acids is 3. The monoisotopic (exact) mass is 365 g/mol. The molecule has 5 nitrogen and oxygen atoms in total. The molecule has 0 N–H and O–H groups in total. The topological polar surface area (TPSA) is 63.7 Å². The Labute approximate surface area is 158 Å². The maximum atomic E-state index is 12.9. The zero-order valence-corrected chi connectivity index (χ0v) is 15.2. The van der Waals surface area contributed by atoms with Gasteiger partial charge in [-0.25, -0.2) is 0 Å². The third kappa shape index (κ3) is 5.03. The molecule has 140 valence electrons. The van der Waals surface area contributed by atoms with Gasteiger partial charge >= 0.3 is 5.97 Å². The smallest absolute Gasteiger partial charge is 0.326 e. The van der Waals surface area contributed by atoms with E-state index in [1.807, 2.05) is 12.1 Å². The van der Waals surface area contributed by atoms with Crippen molar-refractivity contribution in [3.63, 3.8) is 0 Å². The Morgan fingerprint density at radius 3 is 2.30 bits per heavy atom. The molecule has 3 rings (SSSR count). The summed E-state index contributed by atoms with van der Waals surface area (Å²) in [4.78, 5) is 39.1. The van der Waals surface area contributed by atoms with Gasteiger partial charge in [0.1, 0.15) is 6.54 Å². The van der Waals surface area contributed by atoms with Crippen molar-refractivity contribution < 1.29 is 19.1 Å². The van der Waals surface area contributed by atoms with Crippen molar-refractivity contribution in [3.8, 4) is 0 Å². The van der Waals surface area contributed by atoms with Crippen LogP contribution >= 0.6 is 0 Å². The summed E-state index contributed by atoms with van der Waals surface area (Å²) in [5, 5.41) is 0. The summed E-state index contributed by atoms with van der Waals surface area (Å²) in [6.45, 7) is 0.431. The molecule has 1 amide bonds. The molecular weight excluding hydrogens is 342 g/mol. The van der Waals surface area contributed by atoms with E-state index >= 15 is 0 Å². The first-order valence-electron chi connectivity index (χ1n) is 9.26. The average molecular weight is 365 g/mol. The predicted molar refractivity (Wildman–Crippen MR) is 101 cm³/mol. The fourth-order valence-electron chi connectivity index (χ4n) is 3.18. The molecular formula is C22H23NO4. The maximum absolute atomic E-state index is 12.9. The summed E-state index contributed by atoms with van der Waals surface area (Å²) in [6, 6.07) is 17.7. The van der Waals surface area contributed by atoms with E-state index in [2.05, 4.69) is 0 Å². The quantitative estimate of drug-likeness (QED) is 0.580. The Morgan fingerprint density at radius 1 is 0.926 bits per heavy atom. The number of hydrogen-bond donors (Lipinski definition) is 0. The minimum absolute atomic E-state index is 0.0323. The third-order valence-corrected chi connectivity index (χ3v) is 4.64. The van der Waals surface area contributed by atoms with Crippen LogP contribution < -0.4 is 0 Å². The van der Waals surface area contributed by atoms with Crippen LogP contribution in [-0.4, -0.2) is 35.6 Å². The average Bonchev–Trinajstić information content (AvgIpc) is 2.91. The molecule has 0 bridgehead atoms. The van der Waals surface area contributed by atoms with Crippen LogP contribution in [0.5, 0.6) is 0 Å². The molecule has 2 aromatic carbocycles. The molecule has 27 heavy (non-hydrogen) atoms. The molecule has 1 atom stereocenters. The highest BCUT2D eigenvalue weighted by molar-refractivity contribution is 6.01. The lowest BCUT2D eigenvalue weighted by Crippen LogP contribution is -2.37. The van der Waals surface area contributed by atoms with Gasteiger partial charge in [0, 0.05) is 24.1 Å². The zero-order valence-electron chi connectivity index (χ0n) is 15.2. The first-order valence-corrected chi connectivity index (χ1v) is 9.26. The molecule has 1 saturated heterocycles. The number of ketones is 1. The van der Waals surface area contributed by atoms with Gasteiger partial charge in [0.15, 0.2) is 6.10 Å². The number of amides is 1. The van der Waals surface area contributed by atoms with Gasteiger partial charge in [-0.05, 0) is 12.8 Å². The van der Waals surface area contributed by atoms with Crippen LogP contribution in [0.1, 0.15) is 47.7 Å². The number of benzene rings is 2. The Hall–Kier alpha value is -2.95. The second-order valence-corrected chi connectivity index (χ2v) is 6.64. The van der Waals surface area contributed by atoms with Crippen molar-refractivity contribution >= 4 is 17.7 Å². The zero-order chi connectivity index (χ0) is 19.1. The molecule has 1 unspecified atom stereocenters. The second-order valence-electron chi connectivity index (χ2n) is 6.64. The van der Waals surface area contributed by atoms with Gasteiger partial charge < -0.3 is 9.64 Å². The standard InChI is InChI=1S/C22H23NO4/c24-19-14-8-3-9-15-23(19)16-20(25)27-22(18-12-6-2-7-13-18)21(26)17-10-4-1-5-11-17/h1-2,4-7,10-13,22H,3,8-9,14-16H2. The molecule has 1 heterocycles. The highest BCUT2D eigenvalue weighted by Crippen LogP contribution is 2.23. The Balaban J connectivity index is 1.76. The number of ether oxygens (including phenoxy) is 1. The van der Waals surface area contributed by atoms with Gasteiger partial charge in [-0.1, -0.05) is 67.1 Å². The molecule has 0 radical (unpaired) electrons. The summed E-state index contributed by atoms with van der Waals surface area (Å²) in [7, 11) is 0. The molecule has 1 aliphatic heterocycles. The SMILES string of the molecule is O=C(CN1CCCCCC1=O)OC(C(=O)c1ccccc1)c1ccccc1. The highest BCUT2D eigenvalue weighted by Gasteiger charge is 2.28. The molecule has 1 fully saturated rings. The van der Waals surface area contributed by atoms with E-state index in [0.717, 1.165) is 19.3 Å². The van der Waals surface area contributed by atoms with E-state index < -0.39 is 12.1 Å². The lowest BCUT2D eigenvalue weighted by molar-refractivity contribution is -0.152. The Bertz CT molecular complexity index is 788. The van der Waals surface area contributed by atoms with Crippen LogP contribution in [0.15, 0.2) is 60.7 Å². The molecule has 0 saturated carbocycles. The van der Waals surface area contributed by atoms with Crippen LogP contribution in [-0.2, 0) is 14.3 Å². The van der Waals surface area contributed by atoms with Gasteiger partial charge in [0.05, 0.1) is 0 Å². The highest BCUT2D eigenvalue weighted by atomic mass is 16.5. The van der Waals surface area contributed by atoms with Crippen molar-refractivity contribution in [1.29, 1.82) is 0 Å². The van der Waals surface area contributed by atoms with Gasteiger partial charge in [0.2, 0.25) is 11.7 Å². The van der Waals surface area contributed by atoms with Crippen LogP contribution in [0.4, 0.5) is 0 Å². The normalized spacial score (nSPS) is 15.7. The number of hydrogen-bond acceptors (Lipinski definition) is 4. The fourth-order valence-corrected chi connectivity index (χ4v) is 3.18. The predicted octanol–water partition coefficient (Wildman–Crippen LogP) is 3.56. The van der Waals surface area contributed by atoms with Gasteiger partial charge in [0.25, 0.3) is 0 Å². The minimum atomic E-state index is -1.02. The van der Waals surface area contributed by atoms with Crippen molar-refractivity contribution in [2.24, 2.45) is 0 Å². The Morgan fingerprint density at radius 2 is 1.59 bits per heavy atom. The first kappa shape index (κ1) is 18.8. The van der Waals surface area contributed by atoms with E-state index in [0.29, 0.717) is 24.1 Å². The Kier molecular flexibility index (Phi) is 6.36. The van der Waals surface area contributed by atoms with E-state index in [-0.39, 0.29) is 18.2 Å². The lowest BCUT2D eigenvalue weighted by Gasteiger charge is -2.22. The summed E-state index contributed by atoms with van der Waals surface area (Å²) in [5.41, 5.74) is 1.09. The lowest BCUT2D eigenvalue weighted by atomic mass is 10.00. The molecule has 0 spiro atoms. The molecule has 1 aliphatic rings. The van der Waals surface area contributed by atoms with Crippen molar-refractivity contribution in [1.82, 2.24) is 4.90 Å². The van der Waals surface area contributed by atoms with Crippen molar-refractivity contribution in [2.75, 3.05) is 13.1 Å². The van der Waals surface area contributed by atoms with Crippen LogP contribution in [0.2, 0.25) is 0 Å². The molecule has 5 heteroatoms. The molecule has 0 aromatic heterocycles. The number of Topliss-reactive ketones (excluding diaryl/α,β-unsaturated/α-hetero) is 1. The van der Waals surface area contributed by atoms with Gasteiger partial charge in [-0.2, -0.15) is 0 Å². The third-order valence-electron chi connectivity index (χ3n) is 4.64. The minimum Gasteiger partial charge on any atom is -0.448 e. The van der Waals surface area contributed by atoms with E-state index in [4.69, 9.17) is 4.74 Å². The van der Waals surface area contributed by atoms with Crippen molar-refractivity contribution in [2.45, 2.75) is 31.8 Å². The fraction of sp³-hybridized carbons (Fsp3) is 0.318. The summed E-state index contributed by atoms with van der Waals surface area (Å²) in [5.74, 6) is -0.879. The number of likely N-dealkylation sites (tertiary alicyclic amines) is 1.